The molecule has 180 valence electrons. The van der Waals surface area contributed by atoms with Gasteiger partial charge in [0.05, 0.1) is 0 Å². The summed E-state index contributed by atoms with van der Waals surface area (Å²) in [5, 5.41) is 16.1. The monoisotopic (exact) mass is 474 g/mol. The molecular weight excluding hydrogens is 448 g/mol. The Morgan fingerprint density at radius 2 is 2.00 bits per heavy atom. The fourth-order valence-electron chi connectivity index (χ4n) is 3.81. The highest BCUT2D eigenvalue weighted by atomic mass is 16.7. The third-order valence-corrected chi connectivity index (χ3v) is 5.54. The number of aromatic nitrogens is 1. The SMILES string of the molecule is COCCCNC(=O)Cn1cc(C=C(C#N)C(=O)NCc2ccc3c(c2)OCO3)c2ccccc21. The number of nitriles is 1. The third-order valence-electron chi connectivity index (χ3n) is 5.54. The summed E-state index contributed by atoms with van der Waals surface area (Å²) in [5.41, 5.74) is 2.32. The van der Waals surface area contributed by atoms with Gasteiger partial charge in [0.25, 0.3) is 5.91 Å². The van der Waals surface area contributed by atoms with Crippen LogP contribution in [0, 0.1) is 11.3 Å². The summed E-state index contributed by atoms with van der Waals surface area (Å²) in [5.74, 6) is 0.679. The highest BCUT2D eigenvalue weighted by Gasteiger charge is 2.16. The second-order valence-corrected chi connectivity index (χ2v) is 7.97. The molecule has 1 aliphatic rings. The number of hydrogen-bond donors (Lipinski definition) is 2. The maximum absolute atomic E-state index is 12.7. The van der Waals surface area contributed by atoms with Crippen LogP contribution in [0.3, 0.4) is 0 Å². The van der Waals surface area contributed by atoms with Gasteiger partial charge in [-0.3, -0.25) is 9.59 Å². The molecule has 0 atom stereocenters. The maximum atomic E-state index is 12.7. The smallest absolute Gasteiger partial charge is 0.262 e. The molecule has 9 heteroatoms. The van der Waals surface area contributed by atoms with E-state index in [2.05, 4.69) is 10.6 Å². The number of nitrogens with zero attached hydrogens (tertiary/aromatic N) is 2. The molecular formula is C26H26N4O5. The second kappa shape index (κ2) is 11.2. The summed E-state index contributed by atoms with van der Waals surface area (Å²) in [4.78, 5) is 25.1. The zero-order chi connectivity index (χ0) is 24.6. The van der Waals surface area contributed by atoms with E-state index in [0.717, 1.165) is 22.9 Å². The van der Waals surface area contributed by atoms with Crippen molar-refractivity contribution in [2.45, 2.75) is 19.5 Å². The first-order valence-corrected chi connectivity index (χ1v) is 11.2. The zero-order valence-electron chi connectivity index (χ0n) is 19.4. The summed E-state index contributed by atoms with van der Waals surface area (Å²) < 4.78 is 17.5. The number of para-hydroxylation sites is 1. The van der Waals surface area contributed by atoms with Crippen LogP contribution in [-0.4, -0.2) is 43.4 Å². The Labute approximate surface area is 202 Å². The molecule has 3 aromatic rings. The van der Waals surface area contributed by atoms with E-state index < -0.39 is 5.91 Å². The summed E-state index contributed by atoms with van der Waals surface area (Å²) in [6, 6.07) is 15.0. The van der Waals surface area contributed by atoms with Gasteiger partial charge in [0.2, 0.25) is 12.7 Å². The van der Waals surface area contributed by atoms with E-state index in [9.17, 15) is 14.9 Å². The van der Waals surface area contributed by atoms with Crippen molar-refractivity contribution in [2.75, 3.05) is 27.1 Å². The lowest BCUT2D eigenvalue weighted by atomic mass is 10.1. The van der Waals surface area contributed by atoms with Gasteiger partial charge < -0.3 is 29.4 Å². The minimum absolute atomic E-state index is 0.0299. The molecule has 0 saturated carbocycles. The molecule has 0 saturated heterocycles. The van der Waals surface area contributed by atoms with Crippen molar-refractivity contribution in [3.05, 3.63) is 65.4 Å². The van der Waals surface area contributed by atoms with E-state index in [4.69, 9.17) is 14.2 Å². The molecule has 1 aromatic heterocycles. The van der Waals surface area contributed by atoms with E-state index in [-0.39, 0.29) is 31.4 Å². The number of fused-ring (bicyclic) bond motifs is 2. The van der Waals surface area contributed by atoms with E-state index in [0.29, 0.717) is 30.2 Å². The first-order chi connectivity index (χ1) is 17.1. The molecule has 2 heterocycles. The maximum Gasteiger partial charge on any atom is 0.262 e. The zero-order valence-corrected chi connectivity index (χ0v) is 19.4. The van der Waals surface area contributed by atoms with Crippen molar-refractivity contribution in [3.8, 4) is 17.6 Å². The Morgan fingerprint density at radius 1 is 1.17 bits per heavy atom. The summed E-state index contributed by atoms with van der Waals surface area (Å²) in [6.07, 6.45) is 4.06. The van der Waals surface area contributed by atoms with Crippen LogP contribution < -0.4 is 20.1 Å². The van der Waals surface area contributed by atoms with Gasteiger partial charge in [0.15, 0.2) is 11.5 Å². The van der Waals surface area contributed by atoms with E-state index in [1.807, 2.05) is 41.0 Å². The quantitative estimate of drug-likeness (QED) is 0.265. The summed E-state index contributed by atoms with van der Waals surface area (Å²) in [6.45, 7) is 1.64. The molecule has 9 nitrogen and oxygen atoms in total. The number of rotatable bonds is 10. The lowest BCUT2D eigenvalue weighted by Crippen LogP contribution is -2.28. The van der Waals surface area contributed by atoms with Gasteiger partial charge in [0, 0.05) is 49.5 Å². The number of nitrogens with one attached hydrogen (secondary N) is 2. The molecule has 2 aromatic carbocycles. The van der Waals surface area contributed by atoms with Crippen LogP contribution >= 0.6 is 0 Å². The predicted molar refractivity (Wildman–Crippen MR) is 129 cm³/mol. The van der Waals surface area contributed by atoms with Crippen LogP contribution in [-0.2, 0) is 27.4 Å². The highest BCUT2D eigenvalue weighted by Crippen LogP contribution is 2.32. The van der Waals surface area contributed by atoms with Crippen LogP contribution in [0.1, 0.15) is 17.5 Å². The standard InChI is InChI=1S/C26H26N4O5/c1-33-10-4-9-28-25(31)16-30-15-20(21-5-2-3-6-22(21)30)12-19(13-27)26(32)29-14-18-7-8-23-24(11-18)35-17-34-23/h2-3,5-8,11-12,15H,4,9-10,14,16-17H2,1H3,(H,28,31)(H,29,32). The van der Waals surface area contributed by atoms with Crippen molar-refractivity contribution < 1.29 is 23.8 Å². The third kappa shape index (κ3) is 5.80. The number of hydrogen-bond acceptors (Lipinski definition) is 6. The molecule has 1 aliphatic heterocycles. The first kappa shape index (κ1) is 23.9. The topological polar surface area (TPSA) is 115 Å². The number of carbonyl (C=O) groups excluding carboxylic acids is 2. The Morgan fingerprint density at radius 3 is 2.83 bits per heavy atom. The van der Waals surface area contributed by atoms with Crippen LogP contribution in [0.5, 0.6) is 11.5 Å². The predicted octanol–water partition coefficient (Wildman–Crippen LogP) is 2.75. The Hall–Kier alpha value is -4.29. The van der Waals surface area contributed by atoms with Crippen LogP contribution in [0.15, 0.2) is 54.2 Å². The average Bonchev–Trinajstić information content (AvgIpc) is 3.48. The molecule has 0 radical (unpaired) electrons. The molecule has 2 amide bonds. The van der Waals surface area contributed by atoms with Gasteiger partial charge in [-0.05, 0) is 36.3 Å². The van der Waals surface area contributed by atoms with Crippen molar-refractivity contribution in [1.29, 1.82) is 5.26 Å². The molecule has 0 aliphatic carbocycles. The molecule has 2 N–H and O–H groups in total. The molecule has 35 heavy (non-hydrogen) atoms. The van der Waals surface area contributed by atoms with Crippen molar-refractivity contribution in [1.82, 2.24) is 15.2 Å². The van der Waals surface area contributed by atoms with Crippen LogP contribution in [0.4, 0.5) is 0 Å². The Kier molecular flexibility index (Phi) is 7.65. The summed E-state index contributed by atoms with van der Waals surface area (Å²) in [7, 11) is 1.62. The fraction of sp³-hybridized carbons (Fsp3) is 0.269. The van der Waals surface area contributed by atoms with Gasteiger partial charge in [-0.1, -0.05) is 24.3 Å². The number of methoxy groups -OCH3 is 1. The van der Waals surface area contributed by atoms with Crippen molar-refractivity contribution >= 4 is 28.8 Å². The Bertz CT molecular complexity index is 1300. The number of carbonyl (C=O) groups is 2. The lowest BCUT2D eigenvalue weighted by molar-refractivity contribution is -0.121. The molecule has 0 spiro atoms. The van der Waals surface area contributed by atoms with Crippen molar-refractivity contribution in [3.63, 3.8) is 0 Å². The van der Waals surface area contributed by atoms with Gasteiger partial charge in [-0.15, -0.1) is 0 Å². The number of ether oxygens (including phenoxy) is 3. The molecule has 0 unspecified atom stereocenters. The average molecular weight is 475 g/mol. The highest BCUT2D eigenvalue weighted by molar-refractivity contribution is 6.04. The number of benzene rings is 2. The Balaban J connectivity index is 1.47. The van der Waals surface area contributed by atoms with Gasteiger partial charge >= 0.3 is 0 Å². The van der Waals surface area contributed by atoms with Gasteiger partial charge in [0.1, 0.15) is 18.2 Å². The molecule has 0 fully saturated rings. The fourth-order valence-corrected chi connectivity index (χ4v) is 3.81. The molecule has 4 rings (SSSR count). The van der Waals surface area contributed by atoms with E-state index in [1.165, 1.54) is 0 Å². The summed E-state index contributed by atoms with van der Waals surface area (Å²) >= 11 is 0. The largest absolute Gasteiger partial charge is 0.454 e. The van der Waals surface area contributed by atoms with Crippen LogP contribution in [0.2, 0.25) is 0 Å². The van der Waals surface area contributed by atoms with E-state index >= 15 is 0 Å². The van der Waals surface area contributed by atoms with Gasteiger partial charge in [-0.2, -0.15) is 5.26 Å². The van der Waals surface area contributed by atoms with Crippen LogP contribution in [0.25, 0.3) is 17.0 Å². The van der Waals surface area contributed by atoms with Crippen molar-refractivity contribution in [2.24, 2.45) is 0 Å². The van der Waals surface area contributed by atoms with E-state index in [1.54, 1.807) is 31.5 Å². The minimum Gasteiger partial charge on any atom is -0.454 e. The molecule has 0 bridgehead atoms. The normalized spacial score (nSPS) is 12.4. The second-order valence-electron chi connectivity index (χ2n) is 7.97. The van der Waals surface area contributed by atoms with Gasteiger partial charge in [-0.25, -0.2) is 0 Å². The minimum atomic E-state index is -0.488. The number of amides is 2. The lowest BCUT2D eigenvalue weighted by Gasteiger charge is -2.07. The first-order valence-electron chi connectivity index (χ1n) is 11.2.